The summed E-state index contributed by atoms with van der Waals surface area (Å²) in [5.41, 5.74) is -2.88. The van der Waals surface area contributed by atoms with Crippen LogP contribution in [0.4, 0.5) is 22.0 Å². The van der Waals surface area contributed by atoms with Gasteiger partial charge in [0.05, 0.1) is 5.92 Å². The maximum absolute atomic E-state index is 14.6. The Morgan fingerprint density at radius 2 is 1.57 bits per heavy atom. The van der Waals surface area contributed by atoms with E-state index in [2.05, 4.69) is 30.9 Å². The van der Waals surface area contributed by atoms with Gasteiger partial charge in [-0.05, 0) is 74.5 Å². The predicted molar refractivity (Wildman–Crippen MR) is 119 cm³/mol. The van der Waals surface area contributed by atoms with E-state index in [0.717, 1.165) is 12.3 Å². The minimum absolute atomic E-state index is 0.166. The molecule has 1 saturated heterocycles. The number of carbonyl (C=O) groups excluding carboxylic acids is 1. The molecule has 0 spiro atoms. The molecule has 5 aliphatic rings. The average molecular weight is 529 g/mol. The Labute approximate surface area is 204 Å². The number of aliphatic hydroxyl groups is 1. The topological polar surface area (TPSA) is 65.0 Å². The lowest BCUT2D eigenvalue weighted by Crippen LogP contribution is -2.74. The van der Waals surface area contributed by atoms with Crippen molar-refractivity contribution in [3.8, 4) is 0 Å². The van der Waals surface area contributed by atoms with Crippen LogP contribution in [0.5, 0.6) is 0 Å². The highest BCUT2D eigenvalue weighted by molar-refractivity contribution is 6.74. The molecule has 5 nitrogen and oxygen atoms in total. The molecule has 0 radical (unpaired) electrons. The summed E-state index contributed by atoms with van der Waals surface area (Å²) in [5.74, 6) is -7.58. The first-order chi connectivity index (χ1) is 15.9. The molecule has 4 saturated carbocycles. The number of alkyl halides is 5. The first kappa shape index (κ1) is 27.3. The molecule has 0 aromatic carbocycles. The second-order valence-electron chi connectivity index (χ2n) is 13.0. The largest absolute Gasteiger partial charge is 0.462 e. The first-order valence-electron chi connectivity index (χ1n) is 12.5. The van der Waals surface area contributed by atoms with Crippen molar-refractivity contribution in [1.29, 1.82) is 0 Å². The lowest BCUT2D eigenvalue weighted by Gasteiger charge is -2.48. The molecule has 9 unspecified atom stereocenters. The summed E-state index contributed by atoms with van der Waals surface area (Å²) in [5, 5.41) is 9.58. The first-order valence-corrected chi connectivity index (χ1v) is 16.5. The Kier molecular flexibility index (Phi) is 6.72. The van der Waals surface area contributed by atoms with Crippen LogP contribution < -0.4 is 0 Å². The summed E-state index contributed by atoms with van der Waals surface area (Å²) in [6, 6.07) is 0. The highest BCUT2D eigenvalue weighted by atomic mass is 28.3. The summed E-state index contributed by atoms with van der Waals surface area (Å²) >= 11 is 0. The zero-order valence-corrected chi connectivity index (χ0v) is 22.0. The van der Waals surface area contributed by atoms with Crippen LogP contribution >= 0.6 is 0 Å². The Morgan fingerprint density at radius 3 is 2.14 bits per heavy atom. The smallest absolute Gasteiger partial charge is 0.449 e. The van der Waals surface area contributed by atoms with Crippen molar-refractivity contribution in [3.05, 3.63) is 0 Å². The monoisotopic (exact) mass is 528 g/mol. The lowest BCUT2D eigenvalue weighted by atomic mass is 9.67. The van der Waals surface area contributed by atoms with Crippen LogP contribution in [0.25, 0.3) is 0 Å². The summed E-state index contributed by atoms with van der Waals surface area (Å²) in [6.07, 6.45) is -0.541. The number of carbonyl (C=O) groups is 1. The molecule has 5 fully saturated rings. The standard InChI is InChI=1S/C20H25F5O5.C4H12Si/c1-17(18(21,22)19(27,20(23,24)25)30-8-29-17)7-28-16(26)13-6-11-5-12(13)15-10-3-2-9(4-10)14(11)15;1-5(2,3)4/h9-15,27H,2-8H2,1H3;1-4H3. The highest BCUT2D eigenvalue weighted by Crippen LogP contribution is 2.69. The molecule has 11 heteroatoms. The SMILES string of the molecule is CC1(COC(=O)C2CC3CC2C2C4CCC(C4)C32)OCOC(O)(C(F)(F)F)C1(F)F.C[Si](C)(C)C. The molecule has 0 aromatic heterocycles. The third-order valence-corrected chi connectivity index (χ3v) is 8.65. The summed E-state index contributed by atoms with van der Waals surface area (Å²) in [7, 11) is -0.611. The number of esters is 1. The minimum Gasteiger partial charge on any atom is -0.462 e. The van der Waals surface area contributed by atoms with Crippen LogP contribution in [0.3, 0.4) is 0 Å². The van der Waals surface area contributed by atoms with E-state index in [1.54, 1.807) is 0 Å². The van der Waals surface area contributed by atoms with Gasteiger partial charge in [0.1, 0.15) is 6.61 Å². The average Bonchev–Trinajstić information content (AvgIpc) is 3.48. The summed E-state index contributed by atoms with van der Waals surface area (Å²) < 4.78 is 82.3. The Morgan fingerprint density at radius 1 is 1.00 bits per heavy atom. The normalized spacial score (nSPS) is 45.6. The number of rotatable bonds is 3. The van der Waals surface area contributed by atoms with E-state index in [4.69, 9.17) is 9.47 Å². The molecule has 1 heterocycles. The molecule has 9 atom stereocenters. The quantitative estimate of drug-likeness (QED) is 0.228. The maximum Gasteiger partial charge on any atom is 0.449 e. The third-order valence-electron chi connectivity index (χ3n) is 8.65. The summed E-state index contributed by atoms with van der Waals surface area (Å²) in [6.45, 7) is 7.68. The van der Waals surface area contributed by atoms with Gasteiger partial charge in [0, 0.05) is 8.07 Å². The molecule has 4 aliphatic carbocycles. The van der Waals surface area contributed by atoms with E-state index in [-0.39, 0.29) is 5.92 Å². The van der Waals surface area contributed by atoms with Gasteiger partial charge in [-0.25, -0.2) is 0 Å². The fraction of sp³-hybridized carbons (Fsp3) is 0.958. The molecule has 4 bridgehead atoms. The van der Waals surface area contributed by atoms with E-state index in [9.17, 15) is 31.9 Å². The number of hydrogen-bond donors (Lipinski definition) is 1. The predicted octanol–water partition coefficient (Wildman–Crippen LogP) is 5.45. The van der Waals surface area contributed by atoms with Gasteiger partial charge in [-0.3, -0.25) is 4.79 Å². The van der Waals surface area contributed by atoms with Crippen LogP contribution in [0.1, 0.15) is 39.0 Å². The van der Waals surface area contributed by atoms with Crippen LogP contribution in [-0.4, -0.2) is 56.0 Å². The molecular weight excluding hydrogens is 491 g/mol. The fourth-order valence-corrected chi connectivity index (χ4v) is 7.33. The van der Waals surface area contributed by atoms with Gasteiger partial charge in [-0.1, -0.05) is 26.2 Å². The third kappa shape index (κ3) is 4.46. The zero-order chi connectivity index (χ0) is 26.2. The number of halogens is 5. The lowest BCUT2D eigenvalue weighted by molar-refractivity contribution is -0.501. The van der Waals surface area contributed by atoms with Crippen LogP contribution in [0, 0.1) is 41.4 Å². The zero-order valence-electron chi connectivity index (χ0n) is 21.0. The van der Waals surface area contributed by atoms with Gasteiger partial charge in [-0.2, -0.15) is 22.0 Å². The van der Waals surface area contributed by atoms with Crippen molar-refractivity contribution in [3.63, 3.8) is 0 Å². The molecule has 1 aliphatic heterocycles. The van der Waals surface area contributed by atoms with Crippen molar-refractivity contribution in [2.75, 3.05) is 13.4 Å². The molecule has 5 rings (SSSR count). The van der Waals surface area contributed by atoms with Gasteiger partial charge < -0.3 is 19.3 Å². The van der Waals surface area contributed by atoms with E-state index < -0.39 is 56.8 Å². The van der Waals surface area contributed by atoms with Crippen molar-refractivity contribution >= 4 is 14.0 Å². The van der Waals surface area contributed by atoms with E-state index >= 15 is 0 Å². The maximum atomic E-state index is 14.6. The molecule has 0 aromatic rings. The number of ether oxygens (including phenoxy) is 3. The number of hydrogen-bond acceptors (Lipinski definition) is 5. The van der Waals surface area contributed by atoms with Crippen molar-refractivity contribution < 1.29 is 46.1 Å². The molecule has 0 amide bonds. The van der Waals surface area contributed by atoms with E-state index in [0.29, 0.717) is 37.0 Å². The summed E-state index contributed by atoms with van der Waals surface area (Å²) in [4.78, 5) is 12.7. The van der Waals surface area contributed by atoms with Crippen LogP contribution in [0.15, 0.2) is 0 Å². The van der Waals surface area contributed by atoms with Crippen molar-refractivity contribution in [1.82, 2.24) is 0 Å². The Hall–Kier alpha value is -0.783. The molecule has 1 N–H and O–H groups in total. The number of fused-ring (bicyclic) bond motifs is 9. The van der Waals surface area contributed by atoms with Gasteiger partial charge in [0.15, 0.2) is 12.4 Å². The minimum atomic E-state index is -5.76. The van der Waals surface area contributed by atoms with Crippen molar-refractivity contribution in [2.45, 2.75) is 88.7 Å². The Balaban J connectivity index is 0.000000527. The van der Waals surface area contributed by atoms with Gasteiger partial charge in [0.25, 0.3) is 0 Å². The molecule has 202 valence electrons. The van der Waals surface area contributed by atoms with E-state index in [1.807, 2.05) is 0 Å². The van der Waals surface area contributed by atoms with Crippen LogP contribution in [-0.2, 0) is 19.0 Å². The van der Waals surface area contributed by atoms with Crippen LogP contribution in [0.2, 0.25) is 26.2 Å². The van der Waals surface area contributed by atoms with Gasteiger partial charge >= 0.3 is 23.9 Å². The molecule has 35 heavy (non-hydrogen) atoms. The molecular formula is C24H37F5O5Si. The van der Waals surface area contributed by atoms with E-state index in [1.165, 1.54) is 19.3 Å². The second kappa shape index (κ2) is 8.63. The Bertz CT molecular complexity index is 826. The van der Waals surface area contributed by atoms with Gasteiger partial charge in [-0.15, -0.1) is 0 Å². The van der Waals surface area contributed by atoms with Gasteiger partial charge in [0.2, 0.25) is 0 Å². The second-order valence-corrected chi connectivity index (χ2v) is 19.0. The van der Waals surface area contributed by atoms with Crippen molar-refractivity contribution in [2.24, 2.45) is 41.4 Å². The highest BCUT2D eigenvalue weighted by Gasteiger charge is 2.79. The fourth-order valence-electron chi connectivity index (χ4n) is 7.33.